The Morgan fingerprint density at radius 3 is 2.84 bits per heavy atom. The second-order valence-corrected chi connectivity index (χ2v) is 4.92. The van der Waals surface area contributed by atoms with Crippen molar-refractivity contribution < 1.29 is 4.79 Å². The zero-order chi connectivity index (χ0) is 13.8. The minimum Gasteiger partial charge on any atom is -0.366 e. The Hall–Kier alpha value is -2.45. The monoisotopic (exact) mass is 269 g/mol. The van der Waals surface area contributed by atoms with Gasteiger partial charge in [0, 0.05) is 22.2 Å². The lowest BCUT2D eigenvalue weighted by atomic mass is 10.1. The van der Waals surface area contributed by atoms with Crippen molar-refractivity contribution in [1.82, 2.24) is 4.98 Å². The Bertz CT molecular complexity index is 677. The number of carbonyl (C=O) groups excluding carboxylic acids is 1. The van der Waals surface area contributed by atoms with Crippen molar-refractivity contribution in [1.29, 1.82) is 5.26 Å². The zero-order valence-electron chi connectivity index (χ0n) is 10.3. The molecule has 2 aromatic heterocycles. The van der Waals surface area contributed by atoms with Crippen molar-refractivity contribution in [2.24, 2.45) is 5.73 Å². The lowest BCUT2D eigenvalue weighted by Crippen LogP contribution is -2.11. The van der Waals surface area contributed by atoms with E-state index in [4.69, 9.17) is 11.0 Å². The first-order chi connectivity index (χ1) is 9.10. The number of hydrogen-bond donors (Lipinski definition) is 1. The van der Waals surface area contributed by atoms with E-state index in [0.29, 0.717) is 11.3 Å². The van der Waals surface area contributed by atoms with Crippen LogP contribution >= 0.6 is 11.3 Å². The van der Waals surface area contributed by atoms with Gasteiger partial charge in [-0.25, -0.2) is 4.98 Å². The molecule has 0 aliphatic rings. The van der Waals surface area contributed by atoms with Gasteiger partial charge in [-0.2, -0.15) is 5.26 Å². The van der Waals surface area contributed by atoms with E-state index >= 15 is 0 Å². The molecule has 0 bridgehead atoms. The first-order valence-corrected chi connectivity index (χ1v) is 6.41. The molecule has 0 saturated carbocycles. The highest BCUT2D eigenvalue weighted by Gasteiger charge is 2.04. The molecule has 0 fully saturated rings. The quantitative estimate of drug-likeness (QED) is 0.869. The number of primary amides is 1. The summed E-state index contributed by atoms with van der Waals surface area (Å²) in [5.41, 5.74) is 8.04. The van der Waals surface area contributed by atoms with Crippen molar-refractivity contribution >= 4 is 23.3 Å². The maximum Gasteiger partial charge on any atom is 0.244 e. The minimum absolute atomic E-state index is 0.392. The van der Waals surface area contributed by atoms with Crippen molar-refractivity contribution in [3.8, 4) is 17.2 Å². The number of thiophene rings is 1. The predicted octanol–water partition coefficient (Wildman–Crippen LogP) is 2.57. The van der Waals surface area contributed by atoms with E-state index in [0.717, 1.165) is 16.0 Å². The largest absolute Gasteiger partial charge is 0.366 e. The van der Waals surface area contributed by atoms with Crippen LogP contribution in [0.4, 0.5) is 0 Å². The summed E-state index contributed by atoms with van der Waals surface area (Å²) in [6, 6.07) is 7.47. The van der Waals surface area contributed by atoms with E-state index in [1.807, 2.05) is 23.6 Å². The van der Waals surface area contributed by atoms with Gasteiger partial charge in [0.15, 0.2) is 0 Å². The normalized spacial score (nSPS) is 11.1. The Morgan fingerprint density at radius 2 is 2.26 bits per heavy atom. The molecule has 0 atom stereocenters. The average molecular weight is 269 g/mol. The summed E-state index contributed by atoms with van der Waals surface area (Å²) >= 11 is 1.52. The van der Waals surface area contributed by atoms with Gasteiger partial charge in [0.1, 0.15) is 11.8 Å². The summed E-state index contributed by atoms with van der Waals surface area (Å²) in [6.07, 6.45) is 3.42. The summed E-state index contributed by atoms with van der Waals surface area (Å²) in [4.78, 5) is 15.9. The van der Waals surface area contributed by atoms with E-state index in [1.54, 1.807) is 25.3 Å². The average Bonchev–Trinajstić information content (AvgIpc) is 2.87. The van der Waals surface area contributed by atoms with Gasteiger partial charge in [-0.05, 0) is 42.1 Å². The molecule has 5 heteroatoms. The molecular weight excluding hydrogens is 258 g/mol. The number of pyridine rings is 1. The van der Waals surface area contributed by atoms with E-state index in [-0.39, 0.29) is 0 Å². The van der Waals surface area contributed by atoms with Gasteiger partial charge in [0.05, 0.1) is 0 Å². The van der Waals surface area contributed by atoms with Crippen LogP contribution in [0.5, 0.6) is 0 Å². The molecule has 4 nitrogen and oxygen atoms in total. The summed E-state index contributed by atoms with van der Waals surface area (Å²) in [7, 11) is 0. The Balaban J connectivity index is 2.28. The molecule has 2 N–H and O–H groups in total. The highest BCUT2D eigenvalue weighted by molar-refractivity contribution is 7.11. The van der Waals surface area contributed by atoms with E-state index < -0.39 is 5.91 Å². The first kappa shape index (κ1) is 13.0. The lowest BCUT2D eigenvalue weighted by Gasteiger charge is -1.96. The minimum atomic E-state index is -0.421. The van der Waals surface area contributed by atoms with Gasteiger partial charge in [0.25, 0.3) is 0 Å². The molecule has 0 radical (unpaired) electrons. The number of nitrogens with two attached hydrogens (primary N) is 1. The van der Waals surface area contributed by atoms with Crippen LogP contribution in [-0.4, -0.2) is 10.9 Å². The van der Waals surface area contributed by atoms with E-state index in [1.165, 1.54) is 11.3 Å². The third kappa shape index (κ3) is 3.06. The summed E-state index contributed by atoms with van der Waals surface area (Å²) in [5, 5.41) is 10.7. The maximum absolute atomic E-state index is 11.0. The molecule has 2 heterocycles. The standard InChI is InChI=1S/C14H11N3OS/c1-9(14(16)18)4-13-5-11(8-19-13)10-2-3-12(6-15)17-7-10/h2-5,7-8H,1H3,(H2,16,18)/b9-4+. The van der Waals surface area contributed by atoms with Crippen LogP contribution in [0, 0.1) is 11.3 Å². The fourth-order valence-corrected chi connectivity index (χ4v) is 2.40. The van der Waals surface area contributed by atoms with Crippen molar-refractivity contribution in [2.45, 2.75) is 6.92 Å². The van der Waals surface area contributed by atoms with Crippen LogP contribution in [-0.2, 0) is 4.79 Å². The first-order valence-electron chi connectivity index (χ1n) is 5.53. The second kappa shape index (κ2) is 5.46. The van der Waals surface area contributed by atoms with Crippen LogP contribution in [0.15, 0.2) is 35.3 Å². The maximum atomic E-state index is 11.0. The number of hydrogen-bond acceptors (Lipinski definition) is 4. The lowest BCUT2D eigenvalue weighted by molar-refractivity contribution is -0.114. The van der Waals surface area contributed by atoms with Crippen LogP contribution in [0.25, 0.3) is 17.2 Å². The number of nitriles is 1. The number of nitrogens with zero attached hydrogens (tertiary/aromatic N) is 2. The fraction of sp³-hybridized carbons (Fsp3) is 0.0714. The summed E-state index contributed by atoms with van der Waals surface area (Å²) < 4.78 is 0. The van der Waals surface area contributed by atoms with Crippen molar-refractivity contribution in [3.63, 3.8) is 0 Å². The van der Waals surface area contributed by atoms with Crippen LogP contribution in [0.1, 0.15) is 17.5 Å². The second-order valence-electron chi connectivity index (χ2n) is 3.97. The molecule has 0 aliphatic carbocycles. The topological polar surface area (TPSA) is 79.8 Å². The van der Waals surface area contributed by atoms with Crippen molar-refractivity contribution in [3.05, 3.63) is 45.9 Å². The van der Waals surface area contributed by atoms with E-state index in [9.17, 15) is 4.79 Å². The van der Waals surface area contributed by atoms with Gasteiger partial charge in [-0.3, -0.25) is 4.79 Å². The Kier molecular flexibility index (Phi) is 3.74. The highest BCUT2D eigenvalue weighted by atomic mass is 32.1. The number of carbonyl (C=O) groups is 1. The Morgan fingerprint density at radius 1 is 1.47 bits per heavy atom. The molecule has 2 aromatic rings. The SMILES string of the molecule is C/C(=C\c1cc(-c2ccc(C#N)nc2)cs1)C(N)=O. The molecule has 19 heavy (non-hydrogen) atoms. The van der Waals surface area contributed by atoms with Gasteiger partial charge in [-0.1, -0.05) is 0 Å². The summed E-state index contributed by atoms with van der Waals surface area (Å²) in [6.45, 7) is 1.69. The van der Waals surface area contributed by atoms with Gasteiger partial charge in [0.2, 0.25) is 5.91 Å². The smallest absolute Gasteiger partial charge is 0.244 e. The van der Waals surface area contributed by atoms with Gasteiger partial charge < -0.3 is 5.73 Å². The van der Waals surface area contributed by atoms with Crippen LogP contribution in [0.3, 0.4) is 0 Å². The molecular formula is C14H11N3OS. The molecule has 94 valence electrons. The highest BCUT2D eigenvalue weighted by Crippen LogP contribution is 2.26. The summed E-state index contributed by atoms with van der Waals surface area (Å²) in [5.74, 6) is -0.421. The van der Waals surface area contributed by atoms with E-state index in [2.05, 4.69) is 4.98 Å². The fourth-order valence-electron chi connectivity index (χ4n) is 1.50. The third-order valence-electron chi connectivity index (χ3n) is 2.58. The number of amides is 1. The van der Waals surface area contributed by atoms with Gasteiger partial charge in [-0.15, -0.1) is 11.3 Å². The van der Waals surface area contributed by atoms with Crippen LogP contribution in [0.2, 0.25) is 0 Å². The number of rotatable bonds is 3. The molecule has 0 aliphatic heterocycles. The molecule has 1 amide bonds. The predicted molar refractivity (Wildman–Crippen MR) is 75.1 cm³/mol. The molecule has 0 aromatic carbocycles. The molecule has 0 unspecified atom stereocenters. The van der Waals surface area contributed by atoms with Crippen molar-refractivity contribution in [2.75, 3.05) is 0 Å². The van der Waals surface area contributed by atoms with Gasteiger partial charge >= 0.3 is 0 Å². The molecule has 2 rings (SSSR count). The number of aromatic nitrogens is 1. The third-order valence-corrected chi connectivity index (χ3v) is 3.46. The zero-order valence-corrected chi connectivity index (χ0v) is 11.1. The Labute approximate surface area is 114 Å². The molecule has 0 saturated heterocycles. The molecule has 0 spiro atoms. The van der Waals surface area contributed by atoms with Crippen LogP contribution < -0.4 is 5.73 Å².